The van der Waals surface area contributed by atoms with Crippen LogP contribution < -0.4 is 4.72 Å². The van der Waals surface area contributed by atoms with Crippen LogP contribution in [0.2, 0.25) is 0 Å². The molecule has 2 aliphatic heterocycles. The third-order valence-corrected chi connectivity index (χ3v) is 6.08. The average molecular weight is 388 g/mol. The summed E-state index contributed by atoms with van der Waals surface area (Å²) in [5.41, 5.74) is 5.85. The zero-order valence-electron chi connectivity index (χ0n) is 15.5. The molecule has 5 nitrogen and oxygen atoms in total. The first-order chi connectivity index (χ1) is 12.9. The van der Waals surface area contributed by atoms with E-state index < -0.39 is 10.0 Å². The number of hydrogen-bond acceptors (Lipinski definition) is 4. The Balaban J connectivity index is 0.000000166. The Labute approximate surface area is 160 Å². The molecule has 5 rings (SSSR count). The number of ether oxygens (including phenoxy) is 1. The first-order valence-corrected chi connectivity index (χ1v) is 10.9. The second-order valence-electron chi connectivity index (χ2n) is 6.94. The monoisotopic (exact) mass is 387 g/mol. The largest absolute Gasteiger partial charge is 0.469 e. The van der Waals surface area contributed by atoms with Crippen molar-refractivity contribution in [2.24, 2.45) is 0 Å². The van der Waals surface area contributed by atoms with Crippen LogP contribution in [0.25, 0.3) is 0 Å². The van der Waals surface area contributed by atoms with Crippen LogP contribution >= 0.6 is 0 Å². The molecule has 1 aliphatic carbocycles. The van der Waals surface area contributed by atoms with Gasteiger partial charge in [-0.2, -0.15) is 0 Å². The maximum atomic E-state index is 11.1. The van der Waals surface area contributed by atoms with E-state index in [9.17, 15) is 13.2 Å². The lowest BCUT2D eigenvalue weighted by molar-refractivity contribution is -0.140. The van der Waals surface area contributed by atoms with Crippen LogP contribution in [0.15, 0.2) is 42.5 Å². The Hall–Kier alpha value is -2.34. The maximum absolute atomic E-state index is 11.1. The fourth-order valence-electron chi connectivity index (χ4n) is 3.42. The molecule has 2 bridgehead atoms. The lowest BCUT2D eigenvalue weighted by Gasteiger charge is -2.04. The molecule has 0 amide bonds. The second kappa shape index (κ2) is 8.57. The number of sulfonamides is 1. The maximum Gasteiger partial charge on any atom is 0.305 e. The summed E-state index contributed by atoms with van der Waals surface area (Å²) in [5.74, 6) is -0.0232. The summed E-state index contributed by atoms with van der Waals surface area (Å²) < 4.78 is 29.3. The molecule has 0 radical (unpaired) electrons. The minimum absolute atomic E-state index is 0.0868. The van der Waals surface area contributed by atoms with Crippen molar-refractivity contribution in [3.8, 4) is 0 Å². The molecule has 27 heavy (non-hydrogen) atoms. The molecule has 0 saturated carbocycles. The summed E-state index contributed by atoms with van der Waals surface area (Å²) in [7, 11) is -1.66. The SMILES string of the molecule is COC(=O)CCCc1ccc2c(c1)CCC2.O=S1(=O)Cc2ccc(cc2)N1. The summed E-state index contributed by atoms with van der Waals surface area (Å²) in [5, 5.41) is 0. The molecule has 0 fully saturated rings. The van der Waals surface area contributed by atoms with Gasteiger partial charge in [0.15, 0.2) is 0 Å². The van der Waals surface area contributed by atoms with Crippen LogP contribution in [-0.2, 0) is 44.6 Å². The van der Waals surface area contributed by atoms with E-state index in [1.165, 1.54) is 43.1 Å². The van der Waals surface area contributed by atoms with Crippen LogP contribution in [0.3, 0.4) is 0 Å². The van der Waals surface area contributed by atoms with Crippen molar-refractivity contribution in [1.82, 2.24) is 0 Å². The average Bonchev–Trinajstić information content (AvgIpc) is 2.99. The Morgan fingerprint density at radius 3 is 2.56 bits per heavy atom. The molecule has 6 heteroatoms. The fraction of sp³-hybridized carbons (Fsp3) is 0.381. The van der Waals surface area contributed by atoms with E-state index in [0.717, 1.165) is 18.4 Å². The van der Waals surface area contributed by atoms with Crippen LogP contribution in [0, 0.1) is 0 Å². The van der Waals surface area contributed by atoms with Gasteiger partial charge in [-0.15, -0.1) is 0 Å². The summed E-state index contributed by atoms with van der Waals surface area (Å²) in [6, 6.07) is 13.9. The lowest BCUT2D eigenvalue weighted by atomic mass is 10.0. The highest BCUT2D eigenvalue weighted by molar-refractivity contribution is 7.91. The van der Waals surface area contributed by atoms with Crippen molar-refractivity contribution < 1.29 is 17.9 Å². The van der Waals surface area contributed by atoms with Gasteiger partial charge in [0.05, 0.1) is 12.9 Å². The molecule has 2 heterocycles. The van der Waals surface area contributed by atoms with Gasteiger partial charge < -0.3 is 4.74 Å². The van der Waals surface area contributed by atoms with E-state index in [0.29, 0.717) is 12.1 Å². The number of rotatable bonds is 4. The van der Waals surface area contributed by atoms with E-state index in [-0.39, 0.29) is 11.7 Å². The third-order valence-electron chi connectivity index (χ3n) is 4.82. The summed E-state index contributed by atoms with van der Waals surface area (Å²) in [4.78, 5) is 11.0. The van der Waals surface area contributed by atoms with E-state index in [4.69, 9.17) is 0 Å². The molecule has 1 N–H and O–H groups in total. The number of aryl methyl sites for hydroxylation is 3. The van der Waals surface area contributed by atoms with Gasteiger partial charge in [-0.05, 0) is 66.5 Å². The number of nitrogens with one attached hydrogen (secondary N) is 1. The van der Waals surface area contributed by atoms with Gasteiger partial charge in [-0.3, -0.25) is 9.52 Å². The van der Waals surface area contributed by atoms with E-state index in [1.54, 1.807) is 12.1 Å². The first-order valence-electron chi connectivity index (χ1n) is 9.22. The van der Waals surface area contributed by atoms with Crippen molar-refractivity contribution in [1.29, 1.82) is 0 Å². The minimum atomic E-state index is -3.10. The molecular formula is C21H25NO4S. The van der Waals surface area contributed by atoms with Gasteiger partial charge in [0.25, 0.3) is 0 Å². The number of methoxy groups -OCH3 is 1. The second-order valence-corrected chi connectivity index (χ2v) is 8.67. The molecule has 144 valence electrons. The highest BCUT2D eigenvalue weighted by Gasteiger charge is 2.15. The van der Waals surface area contributed by atoms with Gasteiger partial charge >= 0.3 is 5.97 Å². The topological polar surface area (TPSA) is 72.5 Å². The van der Waals surface area contributed by atoms with E-state index in [1.807, 2.05) is 12.1 Å². The van der Waals surface area contributed by atoms with Gasteiger partial charge in [-0.1, -0.05) is 30.3 Å². The number of anilines is 1. The number of hydrogen-bond donors (Lipinski definition) is 1. The molecular weight excluding hydrogens is 362 g/mol. The van der Waals surface area contributed by atoms with Gasteiger partial charge in [-0.25, -0.2) is 8.42 Å². The number of carbonyl (C=O) groups excluding carboxylic acids is 1. The van der Waals surface area contributed by atoms with Gasteiger partial charge in [0, 0.05) is 12.1 Å². The standard InChI is InChI=1S/C14H18O2.C7H7NO2S/c1-16-14(15)7-2-4-11-8-9-12-5-3-6-13(12)10-11;9-11(10)5-6-1-3-7(8-11)4-2-6/h8-10H,2-7H2,1H3;1-4,8H,5H2. The molecule has 0 unspecified atom stereocenters. The zero-order valence-corrected chi connectivity index (χ0v) is 16.3. The van der Waals surface area contributed by atoms with Gasteiger partial charge in [0.2, 0.25) is 10.0 Å². The van der Waals surface area contributed by atoms with Gasteiger partial charge in [0.1, 0.15) is 0 Å². The zero-order chi connectivity index (χ0) is 19.3. The summed E-state index contributed by atoms with van der Waals surface area (Å²) in [6.07, 6.45) is 6.13. The minimum Gasteiger partial charge on any atom is -0.469 e. The summed E-state index contributed by atoms with van der Waals surface area (Å²) in [6.45, 7) is 0. The highest BCUT2D eigenvalue weighted by atomic mass is 32.2. The Kier molecular flexibility index (Phi) is 6.16. The number of fused-ring (bicyclic) bond motifs is 5. The predicted octanol–water partition coefficient (Wildman–Crippen LogP) is 3.61. The van der Waals surface area contributed by atoms with Crippen molar-refractivity contribution in [3.63, 3.8) is 0 Å². The third kappa shape index (κ3) is 5.57. The van der Waals surface area contributed by atoms with Crippen LogP contribution in [0.5, 0.6) is 0 Å². The molecule has 0 saturated heterocycles. The predicted molar refractivity (Wildman–Crippen MR) is 106 cm³/mol. The lowest BCUT2D eigenvalue weighted by Crippen LogP contribution is -2.11. The van der Waals surface area contributed by atoms with E-state index >= 15 is 0 Å². The van der Waals surface area contributed by atoms with Crippen LogP contribution in [0.1, 0.15) is 41.5 Å². The van der Waals surface area contributed by atoms with Crippen molar-refractivity contribution in [2.45, 2.75) is 44.3 Å². The van der Waals surface area contributed by atoms with Crippen molar-refractivity contribution in [3.05, 3.63) is 64.7 Å². The Morgan fingerprint density at radius 1 is 1.07 bits per heavy atom. The molecule has 0 aromatic heterocycles. The molecule has 2 aromatic rings. The van der Waals surface area contributed by atoms with Crippen molar-refractivity contribution >= 4 is 21.7 Å². The molecule has 3 aliphatic rings. The number of carbonyl (C=O) groups is 1. The Bertz CT molecular complexity index is 873. The smallest absolute Gasteiger partial charge is 0.305 e. The normalized spacial score (nSPS) is 15.7. The summed E-state index contributed by atoms with van der Waals surface area (Å²) >= 11 is 0. The fourth-order valence-corrected chi connectivity index (χ4v) is 4.62. The van der Waals surface area contributed by atoms with Crippen LogP contribution in [-0.4, -0.2) is 21.5 Å². The van der Waals surface area contributed by atoms with Crippen molar-refractivity contribution in [2.75, 3.05) is 11.8 Å². The molecule has 0 spiro atoms. The highest BCUT2D eigenvalue weighted by Crippen LogP contribution is 2.23. The molecule has 2 aromatic carbocycles. The molecule has 0 atom stereocenters. The van der Waals surface area contributed by atoms with E-state index in [2.05, 4.69) is 27.7 Å². The number of benzene rings is 2. The number of esters is 1. The Morgan fingerprint density at radius 2 is 1.81 bits per heavy atom. The van der Waals surface area contributed by atoms with Crippen LogP contribution in [0.4, 0.5) is 5.69 Å². The first kappa shape index (κ1) is 19.4. The quantitative estimate of drug-likeness (QED) is 0.814.